The summed E-state index contributed by atoms with van der Waals surface area (Å²) in [7, 11) is 0. The van der Waals surface area contributed by atoms with E-state index in [9.17, 15) is 22.8 Å². The standard InChI is InChI=1S/C19H16F3N3O2/c20-19(21,22)14-7-5-13(6-8-14)11-23-17(26)9-10-25-12-24-16-4-2-1-3-15(16)18(25)27/h1-8,12H,9-11H2,(H,23,26). The molecule has 1 aromatic heterocycles. The molecule has 1 heterocycles. The summed E-state index contributed by atoms with van der Waals surface area (Å²) in [6.45, 7) is 0.275. The maximum Gasteiger partial charge on any atom is 0.416 e. The number of carbonyl (C=O) groups is 1. The first-order chi connectivity index (χ1) is 12.8. The quantitative estimate of drug-likeness (QED) is 0.745. The number of nitrogens with zero attached hydrogens (tertiary/aromatic N) is 2. The van der Waals surface area contributed by atoms with E-state index in [-0.39, 0.29) is 31.0 Å². The number of rotatable bonds is 5. The predicted molar refractivity (Wildman–Crippen MR) is 93.9 cm³/mol. The van der Waals surface area contributed by atoms with Crippen molar-refractivity contribution in [3.05, 3.63) is 76.3 Å². The van der Waals surface area contributed by atoms with E-state index in [1.807, 2.05) is 0 Å². The Hall–Kier alpha value is -3.16. The van der Waals surface area contributed by atoms with Crippen LogP contribution in [0.1, 0.15) is 17.5 Å². The van der Waals surface area contributed by atoms with Gasteiger partial charge in [-0.05, 0) is 29.8 Å². The molecule has 27 heavy (non-hydrogen) atoms. The highest BCUT2D eigenvalue weighted by molar-refractivity contribution is 5.77. The van der Waals surface area contributed by atoms with Gasteiger partial charge in [0.05, 0.1) is 22.8 Å². The normalized spacial score (nSPS) is 11.5. The van der Waals surface area contributed by atoms with Gasteiger partial charge < -0.3 is 5.32 Å². The molecule has 0 radical (unpaired) electrons. The summed E-state index contributed by atoms with van der Waals surface area (Å²) >= 11 is 0. The van der Waals surface area contributed by atoms with Crippen LogP contribution in [0.2, 0.25) is 0 Å². The van der Waals surface area contributed by atoms with Gasteiger partial charge in [0.2, 0.25) is 5.91 Å². The lowest BCUT2D eigenvalue weighted by atomic mass is 10.1. The molecule has 0 atom stereocenters. The highest BCUT2D eigenvalue weighted by atomic mass is 19.4. The number of fused-ring (bicyclic) bond motifs is 1. The van der Waals surface area contributed by atoms with E-state index < -0.39 is 11.7 Å². The van der Waals surface area contributed by atoms with Gasteiger partial charge in [-0.25, -0.2) is 4.98 Å². The number of para-hydroxylation sites is 1. The molecule has 0 aliphatic rings. The van der Waals surface area contributed by atoms with Crippen molar-refractivity contribution in [2.24, 2.45) is 0 Å². The van der Waals surface area contributed by atoms with Gasteiger partial charge in [-0.1, -0.05) is 24.3 Å². The van der Waals surface area contributed by atoms with E-state index >= 15 is 0 Å². The fraction of sp³-hybridized carbons (Fsp3) is 0.211. The average molecular weight is 375 g/mol. The van der Waals surface area contributed by atoms with Gasteiger partial charge in [0, 0.05) is 19.5 Å². The Balaban J connectivity index is 1.56. The summed E-state index contributed by atoms with van der Waals surface area (Å²) in [5.41, 5.74) is 0.184. The lowest BCUT2D eigenvalue weighted by molar-refractivity contribution is -0.137. The van der Waals surface area contributed by atoms with Crippen molar-refractivity contribution < 1.29 is 18.0 Å². The Bertz CT molecular complexity index is 1010. The molecule has 3 aromatic rings. The molecule has 0 fully saturated rings. The zero-order valence-corrected chi connectivity index (χ0v) is 14.2. The Morgan fingerprint density at radius 1 is 1.07 bits per heavy atom. The van der Waals surface area contributed by atoms with Gasteiger partial charge in [-0.15, -0.1) is 0 Å². The number of carbonyl (C=O) groups excluding carboxylic acids is 1. The van der Waals surface area contributed by atoms with Crippen LogP contribution < -0.4 is 10.9 Å². The summed E-state index contributed by atoms with van der Waals surface area (Å²) in [5.74, 6) is -0.310. The van der Waals surface area contributed by atoms with Crippen molar-refractivity contribution >= 4 is 16.8 Å². The fourth-order valence-corrected chi connectivity index (χ4v) is 2.59. The second kappa shape index (κ2) is 7.61. The monoisotopic (exact) mass is 375 g/mol. The molecule has 2 aromatic carbocycles. The number of aryl methyl sites for hydroxylation is 1. The van der Waals surface area contributed by atoms with E-state index in [0.717, 1.165) is 12.1 Å². The van der Waals surface area contributed by atoms with Gasteiger partial charge in [0.15, 0.2) is 0 Å². The maximum absolute atomic E-state index is 12.5. The molecule has 0 saturated heterocycles. The topological polar surface area (TPSA) is 64.0 Å². The number of aromatic nitrogens is 2. The molecule has 140 valence electrons. The molecule has 0 bridgehead atoms. The fourth-order valence-electron chi connectivity index (χ4n) is 2.59. The Labute approximate surface area is 152 Å². The molecule has 8 heteroatoms. The molecule has 5 nitrogen and oxygen atoms in total. The van der Waals surface area contributed by atoms with Gasteiger partial charge in [0.1, 0.15) is 0 Å². The Morgan fingerprint density at radius 2 is 1.78 bits per heavy atom. The number of amides is 1. The van der Waals surface area contributed by atoms with Crippen LogP contribution in [-0.4, -0.2) is 15.5 Å². The first kappa shape index (κ1) is 18.6. The minimum absolute atomic E-state index is 0.0561. The number of benzene rings is 2. The lowest BCUT2D eigenvalue weighted by Gasteiger charge is -2.09. The van der Waals surface area contributed by atoms with Crippen LogP contribution in [0, 0.1) is 0 Å². The average Bonchev–Trinajstić information content (AvgIpc) is 2.65. The first-order valence-electron chi connectivity index (χ1n) is 8.21. The highest BCUT2D eigenvalue weighted by Crippen LogP contribution is 2.29. The predicted octanol–water partition coefficient (Wildman–Crippen LogP) is 3.12. The maximum atomic E-state index is 12.5. The van der Waals surface area contributed by atoms with Crippen molar-refractivity contribution in [2.45, 2.75) is 25.7 Å². The molecular formula is C19H16F3N3O2. The van der Waals surface area contributed by atoms with E-state index in [1.54, 1.807) is 24.3 Å². The zero-order valence-electron chi connectivity index (χ0n) is 14.2. The van der Waals surface area contributed by atoms with Crippen LogP contribution >= 0.6 is 0 Å². The van der Waals surface area contributed by atoms with Gasteiger partial charge in [0.25, 0.3) is 5.56 Å². The molecule has 1 N–H and O–H groups in total. The van der Waals surface area contributed by atoms with E-state index in [1.165, 1.54) is 23.0 Å². The molecular weight excluding hydrogens is 359 g/mol. The molecule has 0 aliphatic heterocycles. The lowest BCUT2D eigenvalue weighted by Crippen LogP contribution is -2.27. The van der Waals surface area contributed by atoms with Gasteiger partial charge in [-0.3, -0.25) is 14.2 Å². The van der Waals surface area contributed by atoms with Crippen LogP contribution in [0.3, 0.4) is 0 Å². The molecule has 0 aliphatic carbocycles. The van der Waals surface area contributed by atoms with E-state index in [4.69, 9.17) is 0 Å². The molecule has 0 saturated carbocycles. The van der Waals surface area contributed by atoms with Crippen LogP contribution in [0.15, 0.2) is 59.7 Å². The minimum atomic E-state index is -4.39. The molecule has 0 spiro atoms. The van der Waals surface area contributed by atoms with Crippen molar-refractivity contribution in [3.63, 3.8) is 0 Å². The van der Waals surface area contributed by atoms with Crippen molar-refractivity contribution in [2.75, 3.05) is 0 Å². The summed E-state index contributed by atoms with van der Waals surface area (Å²) in [6, 6.07) is 11.5. The third-order valence-corrected chi connectivity index (χ3v) is 4.08. The van der Waals surface area contributed by atoms with Gasteiger partial charge >= 0.3 is 6.18 Å². The van der Waals surface area contributed by atoms with Crippen LogP contribution in [-0.2, 0) is 24.1 Å². The van der Waals surface area contributed by atoms with Crippen LogP contribution in [0.25, 0.3) is 10.9 Å². The molecule has 0 unspecified atom stereocenters. The third-order valence-electron chi connectivity index (χ3n) is 4.08. The Morgan fingerprint density at radius 3 is 2.48 bits per heavy atom. The second-order valence-electron chi connectivity index (χ2n) is 5.98. The number of hydrogen-bond acceptors (Lipinski definition) is 3. The summed E-state index contributed by atoms with van der Waals surface area (Å²) < 4.78 is 38.9. The Kier molecular flexibility index (Phi) is 5.25. The van der Waals surface area contributed by atoms with Gasteiger partial charge in [-0.2, -0.15) is 13.2 Å². The SMILES string of the molecule is O=C(CCn1cnc2ccccc2c1=O)NCc1ccc(C(F)(F)F)cc1. The zero-order chi connectivity index (χ0) is 19.4. The summed E-state index contributed by atoms with van der Waals surface area (Å²) in [4.78, 5) is 28.5. The molecule has 1 amide bonds. The van der Waals surface area contributed by atoms with E-state index in [0.29, 0.717) is 16.5 Å². The number of alkyl halides is 3. The second-order valence-corrected chi connectivity index (χ2v) is 5.98. The van der Waals surface area contributed by atoms with E-state index in [2.05, 4.69) is 10.3 Å². The summed E-state index contributed by atoms with van der Waals surface area (Å²) in [5, 5.41) is 3.11. The van der Waals surface area contributed by atoms with Crippen molar-refractivity contribution in [1.82, 2.24) is 14.9 Å². The first-order valence-corrected chi connectivity index (χ1v) is 8.21. The van der Waals surface area contributed by atoms with Crippen LogP contribution in [0.4, 0.5) is 13.2 Å². The highest BCUT2D eigenvalue weighted by Gasteiger charge is 2.29. The van der Waals surface area contributed by atoms with Crippen molar-refractivity contribution in [3.8, 4) is 0 Å². The number of halogens is 3. The molecule has 3 rings (SSSR count). The third kappa shape index (κ3) is 4.52. The minimum Gasteiger partial charge on any atom is -0.352 e. The number of hydrogen-bond donors (Lipinski definition) is 1. The number of nitrogens with one attached hydrogen (secondary N) is 1. The largest absolute Gasteiger partial charge is 0.416 e. The summed E-state index contributed by atoms with van der Waals surface area (Å²) in [6.07, 6.45) is -2.93. The smallest absolute Gasteiger partial charge is 0.352 e. The van der Waals surface area contributed by atoms with Crippen molar-refractivity contribution in [1.29, 1.82) is 0 Å². The van der Waals surface area contributed by atoms with Crippen LogP contribution in [0.5, 0.6) is 0 Å².